The van der Waals surface area contributed by atoms with Crippen molar-refractivity contribution in [3.63, 3.8) is 0 Å². The third-order valence-corrected chi connectivity index (χ3v) is 2.73. The van der Waals surface area contributed by atoms with Gasteiger partial charge in [-0.25, -0.2) is 0 Å². The molecule has 1 aromatic heterocycles. The number of fused-ring (bicyclic) bond motifs is 1. The average Bonchev–Trinajstić information content (AvgIpc) is 2.80. The number of carbonyl (C=O) groups is 2. The maximum Gasteiger partial charge on any atom is 0.253 e. The third-order valence-electron chi connectivity index (χ3n) is 2.73. The molecule has 2 aromatic rings. The fourth-order valence-corrected chi connectivity index (χ4v) is 1.84. The molecule has 0 spiro atoms. The summed E-state index contributed by atoms with van der Waals surface area (Å²) in [5, 5.41) is 3.50. The molecule has 0 aliphatic heterocycles. The van der Waals surface area contributed by atoms with Crippen LogP contribution < -0.4 is 16.8 Å². The molecule has 20 heavy (non-hydrogen) atoms. The molecule has 6 N–H and O–H groups in total. The van der Waals surface area contributed by atoms with Crippen LogP contribution in [0.15, 0.2) is 24.4 Å². The molecule has 0 aliphatic rings. The number of H-pyrrole nitrogens is 1. The lowest BCUT2D eigenvalue weighted by Crippen LogP contribution is -2.28. The molecule has 0 aliphatic carbocycles. The summed E-state index contributed by atoms with van der Waals surface area (Å²) in [7, 11) is 0. The number of nitrogen functional groups attached to an aromatic ring is 1. The molecule has 0 saturated heterocycles. The van der Waals surface area contributed by atoms with Crippen LogP contribution in [0.3, 0.4) is 0 Å². The quantitative estimate of drug-likeness (QED) is 0.437. The molecule has 0 atom stereocenters. The van der Waals surface area contributed by atoms with Crippen molar-refractivity contribution in [2.45, 2.75) is 0 Å². The molecule has 2 rings (SSSR count). The Hall–Kier alpha value is -2.54. The number of hydrogen-bond acceptors (Lipinski definition) is 4. The highest BCUT2D eigenvalue weighted by Gasteiger charge is 2.11. The molecular weight excluding hydrogens is 260 g/mol. The van der Waals surface area contributed by atoms with E-state index in [1.807, 2.05) is 0 Å². The summed E-state index contributed by atoms with van der Waals surface area (Å²) in [5.41, 5.74) is 12.6. The third kappa shape index (κ3) is 3.27. The van der Waals surface area contributed by atoms with Crippen LogP contribution in [0, 0.1) is 0 Å². The summed E-state index contributed by atoms with van der Waals surface area (Å²) in [6.45, 7) is 0.375. The van der Waals surface area contributed by atoms with Gasteiger partial charge in [-0.15, -0.1) is 0 Å². The summed E-state index contributed by atoms with van der Waals surface area (Å²) in [6, 6.07) is 5.30. The Kier molecular flexibility index (Phi) is 4.21. The van der Waals surface area contributed by atoms with E-state index >= 15 is 0 Å². The van der Waals surface area contributed by atoms with Gasteiger partial charge >= 0.3 is 0 Å². The molecule has 0 bridgehead atoms. The van der Waals surface area contributed by atoms with Crippen molar-refractivity contribution >= 4 is 28.4 Å². The first-order valence-corrected chi connectivity index (χ1v) is 6.09. The maximum absolute atomic E-state index is 12.0. The van der Waals surface area contributed by atoms with Crippen LogP contribution in [-0.2, 0) is 9.53 Å². The number of carbonyl (C=O) groups excluding carboxylic acids is 2. The lowest BCUT2D eigenvalue weighted by molar-refractivity contribution is -0.122. The van der Waals surface area contributed by atoms with Crippen LogP contribution in [0.25, 0.3) is 10.9 Å². The molecule has 1 heterocycles. The minimum Gasteiger partial charge on any atom is -0.399 e. The SMILES string of the molecule is NC(=O)COCCNC(=O)c1c[nH]c2cc(N)ccc12. The van der Waals surface area contributed by atoms with Gasteiger partial charge in [0.25, 0.3) is 5.91 Å². The first-order chi connectivity index (χ1) is 9.58. The summed E-state index contributed by atoms with van der Waals surface area (Å²) in [4.78, 5) is 25.4. The van der Waals surface area contributed by atoms with E-state index in [0.717, 1.165) is 10.9 Å². The largest absolute Gasteiger partial charge is 0.399 e. The van der Waals surface area contributed by atoms with Crippen LogP contribution >= 0.6 is 0 Å². The number of benzene rings is 1. The second kappa shape index (κ2) is 6.07. The van der Waals surface area contributed by atoms with Crippen molar-refractivity contribution in [2.24, 2.45) is 5.73 Å². The van der Waals surface area contributed by atoms with E-state index in [9.17, 15) is 9.59 Å². The van der Waals surface area contributed by atoms with Gasteiger partial charge in [0.1, 0.15) is 6.61 Å². The number of primary amides is 1. The number of nitrogens with one attached hydrogen (secondary N) is 2. The van der Waals surface area contributed by atoms with Gasteiger partial charge in [-0.1, -0.05) is 0 Å². The maximum atomic E-state index is 12.0. The highest BCUT2D eigenvalue weighted by Crippen LogP contribution is 2.20. The van der Waals surface area contributed by atoms with Crippen LogP contribution in [0.5, 0.6) is 0 Å². The van der Waals surface area contributed by atoms with E-state index in [1.165, 1.54) is 0 Å². The van der Waals surface area contributed by atoms with E-state index in [4.69, 9.17) is 16.2 Å². The predicted octanol–water partition coefficient (Wildman–Crippen LogP) is -0.0182. The van der Waals surface area contributed by atoms with Gasteiger partial charge in [0.05, 0.1) is 12.2 Å². The summed E-state index contributed by atoms with van der Waals surface area (Å²) >= 11 is 0. The van der Waals surface area contributed by atoms with Crippen LogP contribution in [-0.4, -0.2) is 36.6 Å². The van der Waals surface area contributed by atoms with Gasteiger partial charge in [0.2, 0.25) is 5.91 Å². The van der Waals surface area contributed by atoms with Gasteiger partial charge < -0.3 is 26.5 Å². The van der Waals surface area contributed by atoms with Gasteiger partial charge in [0.15, 0.2) is 0 Å². The molecule has 0 saturated carbocycles. The highest BCUT2D eigenvalue weighted by atomic mass is 16.5. The molecule has 7 nitrogen and oxygen atoms in total. The standard InChI is InChI=1S/C13H16N4O3/c14-8-1-2-9-10(6-17-11(9)5-8)13(19)16-3-4-20-7-12(15)18/h1-2,5-6,17H,3-4,7,14H2,(H2,15,18)(H,16,19). The van der Waals surface area contributed by atoms with E-state index in [-0.39, 0.29) is 19.1 Å². The second-order valence-electron chi connectivity index (χ2n) is 4.28. The lowest BCUT2D eigenvalue weighted by atomic mass is 10.1. The Balaban J connectivity index is 1.93. The first kappa shape index (κ1) is 13.9. The fourth-order valence-electron chi connectivity index (χ4n) is 1.84. The minimum atomic E-state index is -0.537. The number of aromatic amines is 1. The Labute approximate surface area is 115 Å². The Morgan fingerprint density at radius 2 is 2.15 bits per heavy atom. The Bertz CT molecular complexity index is 636. The van der Waals surface area contributed by atoms with Gasteiger partial charge in [-0.3, -0.25) is 9.59 Å². The van der Waals surface area contributed by atoms with Crippen molar-refractivity contribution in [3.05, 3.63) is 30.0 Å². The van der Waals surface area contributed by atoms with Crippen LogP contribution in [0.1, 0.15) is 10.4 Å². The Morgan fingerprint density at radius 1 is 1.35 bits per heavy atom. The van der Waals surface area contributed by atoms with E-state index in [2.05, 4.69) is 10.3 Å². The van der Waals surface area contributed by atoms with E-state index < -0.39 is 5.91 Å². The van der Waals surface area contributed by atoms with E-state index in [1.54, 1.807) is 24.4 Å². The molecule has 0 unspecified atom stereocenters. The number of rotatable bonds is 6. The smallest absolute Gasteiger partial charge is 0.253 e. The molecule has 7 heteroatoms. The van der Waals surface area contributed by atoms with Crippen molar-refractivity contribution in [2.75, 3.05) is 25.5 Å². The van der Waals surface area contributed by atoms with Gasteiger partial charge in [-0.05, 0) is 18.2 Å². The van der Waals surface area contributed by atoms with Crippen molar-refractivity contribution in [1.82, 2.24) is 10.3 Å². The monoisotopic (exact) mass is 276 g/mol. The Morgan fingerprint density at radius 3 is 2.90 bits per heavy atom. The van der Waals surface area contributed by atoms with Crippen LogP contribution in [0.4, 0.5) is 5.69 Å². The molecular formula is C13H16N4O3. The van der Waals surface area contributed by atoms with Crippen LogP contribution in [0.2, 0.25) is 0 Å². The molecule has 1 aromatic carbocycles. The number of hydrogen-bond donors (Lipinski definition) is 4. The zero-order valence-electron chi connectivity index (χ0n) is 10.8. The van der Waals surface area contributed by atoms with Gasteiger partial charge in [0, 0.05) is 29.3 Å². The number of aromatic nitrogens is 1. The van der Waals surface area contributed by atoms with Gasteiger partial charge in [-0.2, -0.15) is 0 Å². The minimum absolute atomic E-state index is 0.151. The first-order valence-electron chi connectivity index (χ1n) is 6.09. The number of amides is 2. The lowest BCUT2D eigenvalue weighted by Gasteiger charge is -2.04. The zero-order valence-corrected chi connectivity index (χ0v) is 10.8. The number of nitrogens with two attached hydrogens (primary N) is 2. The highest BCUT2D eigenvalue weighted by molar-refractivity contribution is 6.07. The van der Waals surface area contributed by atoms with Crippen molar-refractivity contribution < 1.29 is 14.3 Å². The molecule has 0 radical (unpaired) electrons. The molecule has 0 fully saturated rings. The van der Waals surface area contributed by atoms with Crippen molar-refractivity contribution in [1.29, 1.82) is 0 Å². The average molecular weight is 276 g/mol. The molecule has 2 amide bonds. The van der Waals surface area contributed by atoms with Crippen molar-refractivity contribution in [3.8, 4) is 0 Å². The second-order valence-corrected chi connectivity index (χ2v) is 4.28. The fraction of sp³-hybridized carbons (Fsp3) is 0.231. The van der Waals surface area contributed by atoms with E-state index in [0.29, 0.717) is 17.8 Å². The summed E-state index contributed by atoms with van der Waals surface area (Å²) < 4.78 is 4.95. The summed E-state index contributed by atoms with van der Waals surface area (Å²) in [6.07, 6.45) is 1.63. The molecule has 106 valence electrons. The normalized spacial score (nSPS) is 10.6. The number of anilines is 1. The number of ether oxygens (including phenoxy) is 1. The zero-order chi connectivity index (χ0) is 14.5. The summed E-state index contributed by atoms with van der Waals surface area (Å²) in [5.74, 6) is -0.755. The topological polar surface area (TPSA) is 123 Å². The predicted molar refractivity (Wildman–Crippen MR) is 75.1 cm³/mol.